The van der Waals surface area contributed by atoms with Crippen molar-refractivity contribution in [2.75, 3.05) is 27.7 Å². The zero-order valence-electron chi connectivity index (χ0n) is 13.3. The zero-order valence-corrected chi connectivity index (χ0v) is 13.3. The van der Waals surface area contributed by atoms with Gasteiger partial charge in [0.25, 0.3) is 0 Å². The van der Waals surface area contributed by atoms with Gasteiger partial charge in [0.15, 0.2) is 0 Å². The van der Waals surface area contributed by atoms with Crippen LogP contribution in [0.4, 0.5) is 0 Å². The average Bonchev–Trinajstić information content (AvgIpc) is 2.44. The first kappa shape index (κ1) is 15.3. The molecule has 0 heterocycles. The monoisotopic (exact) mass is 276 g/mol. The Hall–Kier alpha value is -1.06. The number of nitrogens with zero attached hydrogens (tertiary/aromatic N) is 1. The second kappa shape index (κ2) is 7.09. The van der Waals surface area contributed by atoms with Gasteiger partial charge in [0.05, 0.1) is 7.11 Å². The van der Waals surface area contributed by atoms with Crippen molar-refractivity contribution in [3.63, 3.8) is 0 Å². The van der Waals surface area contributed by atoms with Crippen LogP contribution in [0.3, 0.4) is 0 Å². The number of nitrogens with one attached hydrogen (secondary N) is 1. The van der Waals surface area contributed by atoms with Crippen LogP contribution in [0, 0.1) is 0 Å². The number of fused-ring (bicyclic) bond motifs is 1. The van der Waals surface area contributed by atoms with Crippen molar-refractivity contribution >= 4 is 0 Å². The summed E-state index contributed by atoms with van der Waals surface area (Å²) in [5, 5.41) is 3.79. The van der Waals surface area contributed by atoms with Crippen molar-refractivity contribution in [1.82, 2.24) is 10.2 Å². The van der Waals surface area contributed by atoms with E-state index in [4.69, 9.17) is 4.74 Å². The molecule has 1 aliphatic carbocycles. The van der Waals surface area contributed by atoms with Crippen molar-refractivity contribution in [3.05, 3.63) is 29.3 Å². The lowest BCUT2D eigenvalue weighted by Gasteiger charge is -2.29. The molecule has 2 unspecified atom stereocenters. The molecule has 2 rings (SSSR count). The number of hydrogen-bond donors (Lipinski definition) is 1. The summed E-state index contributed by atoms with van der Waals surface area (Å²) in [6.07, 6.45) is 4.75. The van der Waals surface area contributed by atoms with E-state index in [9.17, 15) is 0 Å². The summed E-state index contributed by atoms with van der Waals surface area (Å²) in [6, 6.07) is 7.68. The molecule has 1 aliphatic rings. The predicted molar refractivity (Wildman–Crippen MR) is 84.6 cm³/mol. The molecule has 1 N–H and O–H groups in total. The molecule has 0 aromatic heterocycles. The third kappa shape index (κ3) is 4.22. The summed E-state index contributed by atoms with van der Waals surface area (Å²) in [7, 11) is 6.01. The first-order valence-corrected chi connectivity index (χ1v) is 7.65. The van der Waals surface area contributed by atoms with Gasteiger partial charge in [-0.05, 0) is 76.5 Å². The minimum absolute atomic E-state index is 0.578. The summed E-state index contributed by atoms with van der Waals surface area (Å²) in [5.41, 5.74) is 2.94. The van der Waals surface area contributed by atoms with Crippen LogP contribution in [0.5, 0.6) is 5.75 Å². The second-order valence-corrected chi connectivity index (χ2v) is 6.23. The van der Waals surface area contributed by atoms with Gasteiger partial charge in [0, 0.05) is 12.1 Å². The van der Waals surface area contributed by atoms with E-state index in [0.717, 1.165) is 18.7 Å². The van der Waals surface area contributed by atoms with Crippen molar-refractivity contribution in [2.24, 2.45) is 0 Å². The molecule has 0 fully saturated rings. The van der Waals surface area contributed by atoms with Gasteiger partial charge in [-0.15, -0.1) is 0 Å². The van der Waals surface area contributed by atoms with Crippen molar-refractivity contribution in [3.8, 4) is 5.75 Å². The highest BCUT2D eigenvalue weighted by atomic mass is 16.5. The Labute approximate surface area is 123 Å². The number of rotatable bonds is 6. The van der Waals surface area contributed by atoms with E-state index in [0.29, 0.717) is 12.1 Å². The number of methoxy groups -OCH3 is 1. The Kier molecular flexibility index (Phi) is 5.44. The Balaban J connectivity index is 1.90. The standard InChI is InChI=1S/C17H28N2O/c1-13(9-10-19(2)3)18-16-7-5-14-6-8-17(20-4)12-15(14)11-16/h6,8,12-13,16,18H,5,7,9-11H2,1-4H3. The Morgan fingerprint density at radius 3 is 2.85 bits per heavy atom. The van der Waals surface area contributed by atoms with Crippen LogP contribution >= 0.6 is 0 Å². The first-order valence-electron chi connectivity index (χ1n) is 7.65. The molecule has 112 valence electrons. The molecule has 0 bridgehead atoms. The van der Waals surface area contributed by atoms with Crippen LogP contribution < -0.4 is 10.1 Å². The fraction of sp³-hybridized carbons (Fsp3) is 0.647. The maximum absolute atomic E-state index is 5.34. The molecule has 3 nitrogen and oxygen atoms in total. The van der Waals surface area contributed by atoms with Gasteiger partial charge in [-0.25, -0.2) is 0 Å². The number of benzene rings is 1. The molecular formula is C17H28N2O. The minimum Gasteiger partial charge on any atom is -0.497 e. The van der Waals surface area contributed by atoms with Gasteiger partial charge < -0.3 is 15.0 Å². The van der Waals surface area contributed by atoms with Gasteiger partial charge >= 0.3 is 0 Å². The maximum Gasteiger partial charge on any atom is 0.119 e. The van der Waals surface area contributed by atoms with Crippen LogP contribution in [-0.2, 0) is 12.8 Å². The third-order valence-electron chi connectivity index (χ3n) is 4.17. The second-order valence-electron chi connectivity index (χ2n) is 6.23. The first-order chi connectivity index (χ1) is 9.58. The molecule has 0 radical (unpaired) electrons. The van der Waals surface area contributed by atoms with Crippen molar-refractivity contribution in [2.45, 2.75) is 44.7 Å². The topological polar surface area (TPSA) is 24.5 Å². The van der Waals surface area contributed by atoms with Crippen LogP contribution in [0.1, 0.15) is 30.9 Å². The van der Waals surface area contributed by atoms with Gasteiger partial charge in [-0.3, -0.25) is 0 Å². The fourth-order valence-electron chi connectivity index (χ4n) is 2.94. The minimum atomic E-state index is 0.578. The van der Waals surface area contributed by atoms with Gasteiger partial charge in [0.1, 0.15) is 5.75 Å². The lowest BCUT2D eigenvalue weighted by atomic mass is 9.87. The summed E-state index contributed by atoms with van der Waals surface area (Å²) < 4.78 is 5.34. The molecule has 0 amide bonds. The molecule has 3 heteroatoms. The fourth-order valence-corrected chi connectivity index (χ4v) is 2.94. The summed E-state index contributed by atoms with van der Waals surface area (Å²) in [5.74, 6) is 0.977. The van der Waals surface area contributed by atoms with Gasteiger partial charge in [-0.2, -0.15) is 0 Å². The quantitative estimate of drug-likeness (QED) is 0.864. The normalized spacial score (nSPS) is 19.8. The number of ether oxygens (including phenoxy) is 1. The predicted octanol–water partition coefficient (Wildman–Crippen LogP) is 2.48. The number of hydrogen-bond acceptors (Lipinski definition) is 3. The van der Waals surface area contributed by atoms with E-state index in [1.54, 1.807) is 7.11 Å². The van der Waals surface area contributed by atoms with E-state index in [-0.39, 0.29) is 0 Å². The molecule has 0 spiro atoms. The average molecular weight is 276 g/mol. The Bertz CT molecular complexity index is 431. The van der Waals surface area contributed by atoms with Gasteiger partial charge in [-0.1, -0.05) is 6.07 Å². The molecule has 2 atom stereocenters. The maximum atomic E-state index is 5.34. The van der Waals surface area contributed by atoms with Crippen LogP contribution in [0.15, 0.2) is 18.2 Å². The molecule has 0 aliphatic heterocycles. The highest BCUT2D eigenvalue weighted by Gasteiger charge is 2.20. The molecule has 0 saturated heterocycles. The van der Waals surface area contributed by atoms with E-state index < -0.39 is 0 Å². The SMILES string of the molecule is COc1ccc2c(c1)CC(NC(C)CCN(C)C)CC2. The zero-order chi connectivity index (χ0) is 14.5. The van der Waals surface area contributed by atoms with Crippen molar-refractivity contribution < 1.29 is 4.74 Å². The molecule has 0 saturated carbocycles. The van der Waals surface area contributed by atoms with Gasteiger partial charge in [0.2, 0.25) is 0 Å². The van der Waals surface area contributed by atoms with E-state index >= 15 is 0 Å². The van der Waals surface area contributed by atoms with E-state index in [2.05, 4.69) is 49.4 Å². The molecule has 1 aromatic carbocycles. The summed E-state index contributed by atoms with van der Waals surface area (Å²) >= 11 is 0. The van der Waals surface area contributed by atoms with Crippen molar-refractivity contribution in [1.29, 1.82) is 0 Å². The molecule has 1 aromatic rings. The van der Waals surface area contributed by atoms with E-state index in [1.807, 2.05) is 0 Å². The number of aryl methyl sites for hydroxylation is 1. The highest BCUT2D eigenvalue weighted by Crippen LogP contribution is 2.25. The lowest BCUT2D eigenvalue weighted by Crippen LogP contribution is -2.41. The Morgan fingerprint density at radius 2 is 2.15 bits per heavy atom. The lowest BCUT2D eigenvalue weighted by molar-refractivity contribution is 0.337. The van der Waals surface area contributed by atoms with Crippen LogP contribution in [0.25, 0.3) is 0 Å². The third-order valence-corrected chi connectivity index (χ3v) is 4.17. The largest absolute Gasteiger partial charge is 0.497 e. The molecular weight excluding hydrogens is 248 g/mol. The van der Waals surface area contributed by atoms with Crippen LogP contribution in [-0.4, -0.2) is 44.7 Å². The molecule has 20 heavy (non-hydrogen) atoms. The summed E-state index contributed by atoms with van der Waals surface area (Å²) in [6.45, 7) is 3.44. The Morgan fingerprint density at radius 1 is 1.35 bits per heavy atom. The summed E-state index contributed by atoms with van der Waals surface area (Å²) in [4.78, 5) is 2.25. The van der Waals surface area contributed by atoms with Crippen LogP contribution in [0.2, 0.25) is 0 Å². The smallest absolute Gasteiger partial charge is 0.119 e. The van der Waals surface area contributed by atoms with E-state index in [1.165, 1.54) is 30.4 Å². The highest BCUT2D eigenvalue weighted by molar-refractivity contribution is 5.37.